The number of benzene rings is 2. The number of methoxy groups -OCH3 is 1. The van der Waals surface area contributed by atoms with E-state index in [9.17, 15) is 14.9 Å². The first-order valence-electron chi connectivity index (χ1n) is 16.5. The Kier molecular flexibility index (Phi) is 9.94. The number of hydrogen-bond acceptors (Lipinski definition) is 11. The van der Waals surface area contributed by atoms with Crippen molar-refractivity contribution in [2.75, 3.05) is 13.7 Å². The van der Waals surface area contributed by atoms with Gasteiger partial charge in [0.1, 0.15) is 28.0 Å². The molecule has 1 saturated carbocycles. The predicted molar refractivity (Wildman–Crippen MR) is 182 cm³/mol. The highest BCUT2D eigenvalue weighted by Gasteiger charge is 2.48. The average molecular weight is 669 g/mol. The van der Waals surface area contributed by atoms with Gasteiger partial charge < -0.3 is 18.9 Å². The van der Waals surface area contributed by atoms with Crippen molar-refractivity contribution in [1.82, 2.24) is 15.3 Å². The third-order valence-corrected chi connectivity index (χ3v) is 10.0. The molecule has 1 N–H and O–H groups in total. The molecule has 1 aliphatic heterocycles. The number of carbonyl (C=O) groups excluding carboxylic acids is 2. The molecule has 6 rings (SSSR count). The highest BCUT2D eigenvalue weighted by atomic mass is 32.1. The summed E-state index contributed by atoms with van der Waals surface area (Å²) in [6, 6.07) is 14.3. The fourth-order valence-electron chi connectivity index (χ4n) is 6.46. The van der Waals surface area contributed by atoms with Crippen LogP contribution < -0.4 is 19.5 Å². The Labute approximate surface area is 284 Å². The average Bonchev–Trinajstić information content (AvgIpc) is 3.80. The van der Waals surface area contributed by atoms with Gasteiger partial charge >= 0.3 is 11.9 Å². The number of thiazole rings is 1. The van der Waals surface area contributed by atoms with E-state index in [0.29, 0.717) is 58.8 Å². The first kappa shape index (κ1) is 33.4. The van der Waals surface area contributed by atoms with Crippen LogP contribution in [-0.4, -0.2) is 47.4 Å². The summed E-state index contributed by atoms with van der Waals surface area (Å²) < 4.78 is 24.1. The minimum Gasteiger partial charge on any atom is -0.496 e. The van der Waals surface area contributed by atoms with E-state index in [-0.39, 0.29) is 11.8 Å². The second-order valence-electron chi connectivity index (χ2n) is 12.8. The van der Waals surface area contributed by atoms with Gasteiger partial charge in [-0.05, 0) is 69.0 Å². The summed E-state index contributed by atoms with van der Waals surface area (Å²) in [5.41, 5.74) is 1.85. The number of aryl methyl sites for hydroxylation is 1. The number of aromatic nitrogens is 2. The summed E-state index contributed by atoms with van der Waals surface area (Å²) in [6.07, 6.45) is 4.46. The molecular formula is C37H40N4O6S. The van der Waals surface area contributed by atoms with E-state index in [0.717, 1.165) is 48.4 Å². The molecular weight excluding hydrogens is 628 g/mol. The Morgan fingerprint density at radius 3 is 2.56 bits per heavy atom. The SMILES string of the molecule is COc1ccc2c(O[C@@]3(C(=O)OC(=O)[C@@H](Oc4cccc(C#N)c4)C4CCCCC4)CCCN3)cc(-c3nc(C(C)C)cs3)nc2c1C. The van der Waals surface area contributed by atoms with Crippen LogP contribution in [0, 0.1) is 24.2 Å². The number of fused-ring (bicyclic) bond motifs is 1. The maximum absolute atomic E-state index is 14.1. The number of pyridine rings is 1. The van der Waals surface area contributed by atoms with Crippen LogP contribution in [0.3, 0.4) is 0 Å². The molecule has 1 saturated heterocycles. The van der Waals surface area contributed by atoms with Gasteiger partial charge in [-0.1, -0.05) is 39.2 Å². The largest absolute Gasteiger partial charge is 0.496 e. The van der Waals surface area contributed by atoms with Gasteiger partial charge in [-0.2, -0.15) is 5.26 Å². The number of esters is 2. The van der Waals surface area contributed by atoms with E-state index in [4.69, 9.17) is 28.9 Å². The van der Waals surface area contributed by atoms with Crippen LogP contribution in [-0.2, 0) is 14.3 Å². The Bertz CT molecular complexity index is 1850. The van der Waals surface area contributed by atoms with Gasteiger partial charge in [-0.15, -0.1) is 11.3 Å². The monoisotopic (exact) mass is 668 g/mol. The van der Waals surface area contributed by atoms with E-state index in [2.05, 4.69) is 25.2 Å². The topological polar surface area (TPSA) is 133 Å². The van der Waals surface area contributed by atoms with Gasteiger partial charge in [0, 0.05) is 34.7 Å². The molecule has 2 atom stereocenters. The molecule has 2 aliphatic rings. The Balaban J connectivity index is 1.33. The van der Waals surface area contributed by atoms with Crippen LogP contribution in [0.1, 0.15) is 81.5 Å². The van der Waals surface area contributed by atoms with Crippen molar-refractivity contribution in [3.8, 4) is 34.0 Å². The number of ether oxygens (including phenoxy) is 4. The standard InChI is InChI=1S/C37H40N4O6S/c1-22(2)29-21-48-34(41-29)28-19-31(27-14-15-30(44-4)23(3)32(27)40-28)47-37(16-9-17-39-37)36(43)46-35(42)33(25-11-6-5-7-12-25)45-26-13-8-10-24(18-26)20-38/h8,10,13-15,18-19,21-22,25,33,39H,5-7,9,11-12,16-17H2,1-4H3/t33-,37+/m0/s1. The molecule has 0 radical (unpaired) electrons. The first-order valence-corrected chi connectivity index (χ1v) is 17.4. The summed E-state index contributed by atoms with van der Waals surface area (Å²) in [6.45, 7) is 6.61. The van der Waals surface area contributed by atoms with Crippen molar-refractivity contribution in [3.63, 3.8) is 0 Å². The summed E-state index contributed by atoms with van der Waals surface area (Å²) in [5, 5.41) is 16.0. The van der Waals surface area contributed by atoms with Crippen molar-refractivity contribution in [2.24, 2.45) is 5.92 Å². The smallest absolute Gasteiger partial charge is 0.374 e. The van der Waals surface area contributed by atoms with Crippen LogP contribution in [0.5, 0.6) is 17.2 Å². The molecule has 1 aliphatic carbocycles. The van der Waals surface area contributed by atoms with Crippen molar-refractivity contribution < 1.29 is 28.5 Å². The predicted octanol–water partition coefficient (Wildman–Crippen LogP) is 7.23. The molecule has 0 amide bonds. The lowest BCUT2D eigenvalue weighted by molar-refractivity contribution is -0.178. The number of hydrogen-bond donors (Lipinski definition) is 1. The molecule has 2 fully saturated rings. The lowest BCUT2D eigenvalue weighted by atomic mass is 9.85. The lowest BCUT2D eigenvalue weighted by Crippen LogP contribution is -2.55. The molecule has 11 heteroatoms. The Morgan fingerprint density at radius 2 is 1.88 bits per heavy atom. The summed E-state index contributed by atoms with van der Waals surface area (Å²) in [4.78, 5) is 37.7. The normalized spacial score (nSPS) is 18.8. The second-order valence-corrected chi connectivity index (χ2v) is 13.6. The molecule has 0 unspecified atom stereocenters. The van der Waals surface area contributed by atoms with Gasteiger partial charge in [0.15, 0.2) is 6.10 Å². The summed E-state index contributed by atoms with van der Waals surface area (Å²) in [7, 11) is 1.61. The van der Waals surface area contributed by atoms with Crippen LogP contribution in [0.2, 0.25) is 0 Å². The third kappa shape index (κ3) is 6.86. The molecule has 250 valence electrons. The van der Waals surface area contributed by atoms with Crippen molar-refractivity contribution in [1.29, 1.82) is 5.26 Å². The molecule has 2 aromatic heterocycles. The first-order chi connectivity index (χ1) is 23.2. The number of nitriles is 1. The van der Waals surface area contributed by atoms with Gasteiger partial charge in [-0.3, -0.25) is 5.32 Å². The van der Waals surface area contributed by atoms with E-state index in [1.54, 1.807) is 37.4 Å². The zero-order valence-corrected chi connectivity index (χ0v) is 28.5. The molecule has 0 bridgehead atoms. The molecule has 48 heavy (non-hydrogen) atoms. The maximum atomic E-state index is 14.1. The van der Waals surface area contributed by atoms with Crippen molar-refractivity contribution >= 4 is 34.2 Å². The van der Waals surface area contributed by atoms with E-state index in [1.807, 2.05) is 24.4 Å². The highest BCUT2D eigenvalue weighted by molar-refractivity contribution is 7.13. The van der Waals surface area contributed by atoms with Gasteiger partial charge in [0.2, 0.25) is 0 Å². The van der Waals surface area contributed by atoms with Gasteiger partial charge in [-0.25, -0.2) is 19.6 Å². The van der Waals surface area contributed by atoms with Crippen LogP contribution in [0.15, 0.2) is 47.8 Å². The Hall–Kier alpha value is -4.53. The molecule has 10 nitrogen and oxygen atoms in total. The summed E-state index contributed by atoms with van der Waals surface area (Å²) in [5.74, 6) is -0.00517. The van der Waals surface area contributed by atoms with E-state index < -0.39 is 23.8 Å². The minimum absolute atomic E-state index is 0.128. The number of carbonyl (C=O) groups is 2. The van der Waals surface area contributed by atoms with Crippen LogP contribution in [0.4, 0.5) is 0 Å². The van der Waals surface area contributed by atoms with Crippen LogP contribution >= 0.6 is 11.3 Å². The van der Waals surface area contributed by atoms with Crippen LogP contribution in [0.25, 0.3) is 21.6 Å². The van der Waals surface area contributed by atoms with Crippen molar-refractivity contribution in [2.45, 2.75) is 83.5 Å². The van der Waals surface area contributed by atoms with E-state index >= 15 is 0 Å². The Morgan fingerprint density at radius 1 is 1.06 bits per heavy atom. The fourth-order valence-corrected chi connectivity index (χ4v) is 7.40. The lowest BCUT2D eigenvalue weighted by Gasteiger charge is -2.31. The molecule has 3 heterocycles. The quantitative estimate of drug-likeness (QED) is 0.136. The maximum Gasteiger partial charge on any atom is 0.374 e. The fraction of sp³-hybridized carbons (Fsp3) is 0.432. The van der Waals surface area contributed by atoms with E-state index in [1.165, 1.54) is 11.3 Å². The molecule has 0 spiro atoms. The highest BCUT2D eigenvalue weighted by Crippen LogP contribution is 2.39. The second kappa shape index (κ2) is 14.3. The molecule has 2 aromatic carbocycles. The summed E-state index contributed by atoms with van der Waals surface area (Å²) >= 11 is 1.50. The van der Waals surface area contributed by atoms with Gasteiger partial charge in [0.05, 0.1) is 30.0 Å². The minimum atomic E-state index is -1.61. The van der Waals surface area contributed by atoms with Gasteiger partial charge in [0.25, 0.3) is 5.72 Å². The zero-order chi connectivity index (χ0) is 33.8. The number of nitrogens with zero attached hydrogens (tertiary/aromatic N) is 3. The third-order valence-electron chi connectivity index (χ3n) is 9.16. The number of rotatable bonds is 10. The molecule has 4 aromatic rings. The number of nitrogens with one attached hydrogen (secondary N) is 1. The van der Waals surface area contributed by atoms with Crippen molar-refractivity contribution in [3.05, 3.63) is 64.7 Å². The zero-order valence-electron chi connectivity index (χ0n) is 27.7.